The first kappa shape index (κ1) is 18.8. The minimum atomic E-state index is -5.18. The van der Waals surface area contributed by atoms with Gasteiger partial charge in [-0.25, -0.2) is 4.79 Å². The molecule has 2 radical (unpaired) electrons. The lowest BCUT2D eigenvalue weighted by Gasteiger charge is -2.19. The van der Waals surface area contributed by atoms with Crippen LogP contribution in [0, 0.1) is 0 Å². The Morgan fingerprint density at radius 2 is 2.00 bits per heavy atom. The zero-order chi connectivity index (χ0) is 17.1. The SMILES string of the molecule is [B]Cc1ccc(Cl)c(C(=O)OC(CS(=O)(=O)O)C(F)(F)F)c1. The van der Waals surface area contributed by atoms with E-state index in [0.717, 1.165) is 6.07 Å². The van der Waals surface area contributed by atoms with Crippen molar-refractivity contribution in [3.05, 3.63) is 34.3 Å². The molecule has 1 aromatic carbocycles. The van der Waals surface area contributed by atoms with Crippen LogP contribution in [-0.4, -0.2) is 44.8 Å². The summed E-state index contributed by atoms with van der Waals surface area (Å²) in [6.07, 6.45) is -8.19. The number of hydrogen-bond donors (Lipinski definition) is 1. The molecule has 1 aromatic rings. The monoisotopic (exact) mass is 356 g/mol. The highest BCUT2D eigenvalue weighted by molar-refractivity contribution is 7.85. The van der Waals surface area contributed by atoms with Gasteiger partial charge in [0.05, 0.1) is 18.4 Å². The fraction of sp³-hybridized carbons (Fsp3) is 0.364. The molecule has 0 aliphatic carbocycles. The Balaban J connectivity index is 3.06. The van der Waals surface area contributed by atoms with E-state index in [1.807, 2.05) is 0 Å². The summed E-state index contributed by atoms with van der Waals surface area (Å²) < 4.78 is 71.8. The topological polar surface area (TPSA) is 80.7 Å². The van der Waals surface area contributed by atoms with Crippen molar-refractivity contribution in [2.45, 2.75) is 18.6 Å². The number of carbonyl (C=O) groups excluding carboxylic acids is 1. The Kier molecular flexibility index (Phi) is 5.88. The lowest BCUT2D eigenvalue weighted by atomic mass is 9.96. The maximum absolute atomic E-state index is 12.7. The summed E-state index contributed by atoms with van der Waals surface area (Å²) in [5.74, 6) is -3.29. The van der Waals surface area contributed by atoms with Crippen molar-refractivity contribution in [2.24, 2.45) is 0 Å². The van der Waals surface area contributed by atoms with Crippen LogP contribution in [0.3, 0.4) is 0 Å². The zero-order valence-corrected chi connectivity index (χ0v) is 12.4. The van der Waals surface area contributed by atoms with Gasteiger partial charge in [-0.1, -0.05) is 29.6 Å². The van der Waals surface area contributed by atoms with E-state index in [2.05, 4.69) is 4.74 Å². The molecular formula is C11H9BClF3O5S. The van der Waals surface area contributed by atoms with Crippen LogP contribution >= 0.6 is 11.6 Å². The van der Waals surface area contributed by atoms with Crippen molar-refractivity contribution < 1.29 is 35.7 Å². The first-order valence-electron chi connectivity index (χ1n) is 5.65. The number of hydrogen-bond acceptors (Lipinski definition) is 4. The minimum Gasteiger partial charge on any atom is -0.448 e. The van der Waals surface area contributed by atoms with Crippen LogP contribution < -0.4 is 0 Å². The Morgan fingerprint density at radius 1 is 1.41 bits per heavy atom. The van der Waals surface area contributed by atoms with Crippen molar-refractivity contribution in [1.82, 2.24) is 0 Å². The quantitative estimate of drug-likeness (QED) is 0.496. The third-order valence-corrected chi connectivity index (χ3v) is 3.52. The fourth-order valence-corrected chi connectivity index (χ4v) is 2.27. The van der Waals surface area contributed by atoms with Gasteiger partial charge >= 0.3 is 12.1 Å². The molecule has 0 spiro atoms. The third-order valence-electron chi connectivity index (χ3n) is 2.46. The summed E-state index contributed by atoms with van der Waals surface area (Å²) >= 11 is 5.69. The van der Waals surface area contributed by atoms with Gasteiger partial charge in [0, 0.05) is 0 Å². The molecule has 0 fully saturated rings. The van der Waals surface area contributed by atoms with Crippen LogP contribution in [0.15, 0.2) is 18.2 Å². The van der Waals surface area contributed by atoms with Crippen LogP contribution in [0.2, 0.25) is 5.02 Å². The van der Waals surface area contributed by atoms with Crippen molar-refractivity contribution in [3.63, 3.8) is 0 Å². The second-order valence-electron chi connectivity index (χ2n) is 4.20. The van der Waals surface area contributed by atoms with Gasteiger partial charge < -0.3 is 4.74 Å². The molecule has 1 rings (SSSR count). The van der Waals surface area contributed by atoms with Gasteiger partial charge in [0.1, 0.15) is 5.75 Å². The fourth-order valence-electron chi connectivity index (χ4n) is 1.44. The van der Waals surface area contributed by atoms with E-state index < -0.39 is 39.7 Å². The minimum absolute atomic E-state index is 0.00513. The molecule has 0 aliphatic heterocycles. The summed E-state index contributed by atoms with van der Waals surface area (Å²) in [6, 6.07) is 3.83. The Labute approximate surface area is 130 Å². The molecule has 0 aliphatic rings. The van der Waals surface area contributed by atoms with Gasteiger partial charge in [-0.05, 0) is 12.1 Å². The molecule has 1 N–H and O–H groups in total. The van der Waals surface area contributed by atoms with Gasteiger partial charge in [-0.15, -0.1) is 0 Å². The van der Waals surface area contributed by atoms with Gasteiger partial charge in [-0.3, -0.25) is 4.55 Å². The van der Waals surface area contributed by atoms with Crippen molar-refractivity contribution in [2.75, 3.05) is 5.75 Å². The van der Waals surface area contributed by atoms with E-state index in [0.29, 0.717) is 5.56 Å². The summed E-state index contributed by atoms with van der Waals surface area (Å²) in [4.78, 5) is 11.8. The molecule has 5 nitrogen and oxygen atoms in total. The number of benzene rings is 1. The maximum atomic E-state index is 12.7. The van der Waals surface area contributed by atoms with Crippen LogP contribution in [0.5, 0.6) is 0 Å². The van der Waals surface area contributed by atoms with E-state index in [1.54, 1.807) is 0 Å². The van der Waals surface area contributed by atoms with Crippen molar-refractivity contribution >= 4 is 35.5 Å². The van der Waals surface area contributed by atoms with E-state index in [-0.39, 0.29) is 11.3 Å². The maximum Gasteiger partial charge on any atom is 0.426 e. The number of esters is 1. The molecule has 0 amide bonds. The third kappa shape index (κ3) is 5.50. The van der Waals surface area contributed by atoms with E-state index >= 15 is 0 Å². The average Bonchev–Trinajstić information content (AvgIpc) is 2.35. The molecule has 0 heterocycles. The zero-order valence-electron chi connectivity index (χ0n) is 10.8. The molecule has 11 heteroatoms. The van der Waals surface area contributed by atoms with E-state index in [4.69, 9.17) is 24.0 Å². The highest BCUT2D eigenvalue weighted by Crippen LogP contribution is 2.26. The lowest BCUT2D eigenvalue weighted by Crippen LogP contribution is -2.39. The summed E-state index contributed by atoms with van der Waals surface area (Å²) in [7, 11) is 0.328. The second-order valence-corrected chi connectivity index (χ2v) is 6.11. The summed E-state index contributed by atoms with van der Waals surface area (Å²) in [5, 5.41) is -0.185. The number of carbonyl (C=O) groups is 1. The first-order valence-corrected chi connectivity index (χ1v) is 7.64. The van der Waals surface area contributed by atoms with Crippen LogP contribution in [-0.2, 0) is 21.2 Å². The molecule has 22 heavy (non-hydrogen) atoms. The number of halogens is 4. The molecule has 120 valence electrons. The number of alkyl halides is 3. The van der Waals surface area contributed by atoms with E-state index in [1.165, 1.54) is 12.1 Å². The van der Waals surface area contributed by atoms with Crippen molar-refractivity contribution in [1.29, 1.82) is 0 Å². The molecule has 1 atom stereocenters. The Morgan fingerprint density at radius 3 is 2.45 bits per heavy atom. The van der Waals surface area contributed by atoms with Crippen LogP contribution in [0.25, 0.3) is 0 Å². The smallest absolute Gasteiger partial charge is 0.426 e. The number of rotatable bonds is 5. The van der Waals surface area contributed by atoms with Gasteiger partial charge in [-0.2, -0.15) is 21.6 Å². The normalized spacial score (nSPS) is 13.7. The standard InChI is InChI=1S/C11H9BClF3O5S/c12-4-6-1-2-8(13)7(3-6)10(17)21-9(11(14,15)16)5-22(18,19)20/h1-3,9H,4-5H2,(H,18,19,20). The largest absolute Gasteiger partial charge is 0.448 e. The molecule has 0 aromatic heterocycles. The van der Waals surface area contributed by atoms with Gasteiger partial charge in [0.2, 0.25) is 6.10 Å². The molecule has 0 saturated heterocycles. The van der Waals surface area contributed by atoms with Crippen molar-refractivity contribution in [3.8, 4) is 0 Å². The van der Waals surface area contributed by atoms with Crippen LogP contribution in [0.4, 0.5) is 13.2 Å². The molecular weight excluding hydrogens is 347 g/mol. The molecule has 0 bridgehead atoms. The molecule has 0 saturated carbocycles. The van der Waals surface area contributed by atoms with Gasteiger partial charge in [0.25, 0.3) is 10.1 Å². The highest BCUT2D eigenvalue weighted by Gasteiger charge is 2.45. The Hall–Kier alpha value is -1.26. The van der Waals surface area contributed by atoms with Crippen LogP contribution in [0.1, 0.15) is 15.9 Å². The first-order chi connectivity index (χ1) is 9.94. The van der Waals surface area contributed by atoms with Gasteiger partial charge in [0.15, 0.2) is 0 Å². The van der Waals surface area contributed by atoms with E-state index in [9.17, 15) is 26.4 Å². The predicted octanol–water partition coefficient (Wildman–Crippen LogP) is 1.98. The highest BCUT2D eigenvalue weighted by atomic mass is 35.5. The number of ether oxygens (including phenoxy) is 1. The molecule has 1 unspecified atom stereocenters. The summed E-state index contributed by atoms with van der Waals surface area (Å²) in [6.45, 7) is 0. The predicted molar refractivity (Wildman–Crippen MR) is 72.6 cm³/mol. The summed E-state index contributed by atoms with van der Waals surface area (Å²) in [5.41, 5.74) is 0.0175. The lowest BCUT2D eigenvalue weighted by molar-refractivity contribution is -0.197. The average molecular weight is 357 g/mol. The Bertz CT molecular complexity index is 662. The second kappa shape index (κ2) is 6.88.